The van der Waals surface area contributed by atoms with Gasteiger partial charge in [-0.05, 0) is 17.7 Å². The van der Waals surface area contributed by atoms with Gasteiger partial charge < -0.3 is 4.90 Å². The Kier molecular flexibility index (Phi) is 4.26. The van der Waals surface area contributed by atoms with Crippen LogP contribution in [0.2, 0.25) is 0 Å². The van der Waals surface area contributed by atoms with Gasteiger partial charge in [0, 0.05) is 32.1 Å². The molecule has 0 radical (unpaired) electrons. The third-order valence-electron chi connectivity index (χ3n) is 2.70. The normalized spacial score (nSPS) is 17.7. The van der Waals surface area contributed by atoms with E-state index in [9.17, 15) is 4.79 Å². The van der Waals surface area contributed by atoms with Gasteiger partial charge >= 0.3 is 0 Å². The summed E-state index contributed by atoms with van der Waals surface area (Å²) in [5.74, 6) is 1.26. The molecule has 2 heterocycles. The highest BCUT2D eigenvalue weighted by Gasteiger charge is 2.21. The largest absolute Gasteiger partial charge is 0.335 e. The molecule has 3 nitrogen and oxygen atoms in total. The lowest BCUT2D eigenvalue weighted by Gasteiger charge is -2.34. The first kappa shape index (κ1) is 12.0. The van der Waals surface area contributed by atoms with Crippen molar-refractivity contribution in [2.45, 2.75) is 0 Å². The lowest BCUT2D eigenvalue weighted by Crippen LogP contribution is -2.48. The van der Waals surface area contributed by atoms with E-state index in [-0.39, 0.29) is 5.91 Å². The minimum Gasteiger partial charge on any atom is -0.335 e. The summed E-state index contributed by atoms with van der Waals surface area (Å²) < 4.78 is 0. The number of rotatable bonds is 3. The molecule has 1 aliphatic heterocycles. The Hall–Kier alpha value is -0.520. The number of piperazine rings is 1. The standard InChI is InChI=1S/C11H16N2OS2/c1-15-9-12-4-6-13(7-5-12)11(14)10-3-2-8-16-10/h2-3,8H,4-7,9H2,1H3. The first-order valence-electron chi connectivity index (χ1n) is 5.35. The van der Waals surface area contributed by atoms with Crippen LogP contribution in [0.15, 0.2) is 17.5 Å². The van der Waals surface area contributed by atoms with E-state index in [0.717, 1.165) is 36.9 Å². The van der Waals surface area contributed by atoms with E-state index in [1.807, 2.05) is 34.2 Å². The van der Waals surface area contributed by atoms with Gasteiger partial charge in [0.1, 0.15) is 0 Å². The summed E-state index contributed by atoms with van der Waals surface area (Å²) in [6.07, 6.45) is 2.11. The highest BCUT2D eigenvalue weighted by molar-refractivity contribution is 7.98. The van der Waals surface area contributed by atoms with Crippen molar-refractivity contribution in [3.05, 3.63) is 22.4 Å². The Balaban J connectivity index is 1.87. The summed E-state index contributed by atoms with van der Waals surface area (Å²) in [5.41, 5.74) is 0. The minimum atomic E-state index is 0.193. The fourth-order valence-electron chi connectivity index (χ4n) is 1.82. The molecular formula is C11H16N2OS2. The van der Waals surface area contributed by atoms with Crippen LogP contribution in [0.4, 0.5) is 0 Å². The zero-order valence-corrected chi connectivity index (χ0v) is 11.0. The predicted molar refractivity (Wildman–Crippen MR) is 70.2 cm³/mol. The average Bonchev–Trinajstić information content (AvgIpc) is 2.83. The van der Waals surface area contributed by atoms with Gasteiger partial charge in [0.15, 0.2) is 0 Å². The molecule has 0 bridgehead atoms. The molecule has 88 valence electrons. The van der Waals surface area contributed by atoms with Crippen molar-refractivity contribution >= 4 is 29.0 Å². The van der Waals surface area contributed by atoms with Crippen LogP contribution in [-0.2, 0) is 0 Å². The topological polar surface area (TPSA) is 23.6 Å². The Labute approximate surface area is 104 Å². The zero-order valence-electron chi connectivity index (χ0n) is 9.39. The highest BCUT2D eigenvalue weighted by Crippen LogP contribution is 2.14. The van der Waals surface area contributed by atoms with Crippen molar-refractivity contribution in [2.24, 2.45) is 0 Å². The molecule has 1 aromatic rings. The SMILES string of the molecule is CSCN1CCN(C(=O)c2cccs2)CC1. The molecule has 0 spiro atoms. The molecule has 1 aliphatic rings. The van der Waals surface area contributed by atoms with E-state index in [1.165, 1.54) is 11.3 Å². The summed E-state index contributed by atoms with van der Waals surface area (Å²) in [6.45, 7) is 3.71. The molecule has 0 aromatic carbocycles. The van der Waals surface area contributed by atoms with Crippen molar-refractivity contribution in [3.63, 3.8) is 0 Å². The third-order valence-corrected chi connectivity index (χ3v) is 4.18. The summed E-state index contributed by atoms with van der Waals surface area (Å²) in [7, 11) is 0. The molecule has 0 saturated carbocycles. The van der Waals surface area contributed by atoms with Crippen molar-refractivity contribution in [1.29, 1.82) is 0 Å². The number of nitrogens with zero attached hydrogens (tertiary/aromatic N) is 2. The molecular weight excluding hydrogens is 240 g/mol. The lowest BCUT2D eigenvalue weighted by atomic mass is 10.3. The van der Waals surface area contributed by atoms with Gasteiger partial charge in [-0.15, -0.1) is 23.1 Å². The van der Waals surface area contributed by atoms with Gasteiger partial charge in [-0.25, -0.2) is 0 Å². The number of thiophene rings is 1. The molecule has 1 amide bonds. The van der Waals surface area contributed by atoms with Crippen LogP contribution >= 0.6 is 23.1 Å². The van der Waals surface area contributed by atoms with Crippen molar-refractivity contribution in [2.75, 3.05) is 38.3 Å². The first-order valence-corrected chi connectivity index (χ1v) is 7.62. The Morgan fingerprint density at radius 2 is 2.19 bits per heavy atom. The fourth-order valence-corrected chi connectivity index (χ4v) is 3.13. The van der Waals surface area contributed by atoms with Gasteiger partial charge in [-0.3, -0.25) is 9.69 Å². The van der Waals surface area contributed by atoms with Gasteiger partial charge in [0.05, 0.1) is 4.88 Å². The summed E-state index contributed by atoms with van der Waals surface area (Å²) >= 11 is 3.37. The molecule has 0 N–H and O–H groups in total. The number of hydrogen-bond acceptors (Lipinski definition) is 4. The summed E-state index contributed by atoms with van der Waals surface area (Å²) in [5, 5.41) is 1.96. The maximum atomic E-state index is 12.0. The van der Waals surface area contributed by atoms with E-state index in [2.05, 4.69) is 11.2 Å². The van der Waals surface area contributed by atoms with Crippen LogP contribution in [0.1, 0.15) is 9.67 Å². The van der Waals surface area contributed by atoms with E-state index >= 15 is 0 Å². The van der Waals surface area contributed by atoms with Crippen molar-refractivity contribution in [1.82, 2.24) is 9.80 Å². The predicted octanol–water partition coefficient (Wildman–Crippen LogP) is 1.83. The average molecular weight is 256 g/mol. The van der Waals surface area contributed by atoms with Gasteiger partial charge in [-0.1, -0.05) is 6.07 Å². The third kappa shape index (κ3) is 2.78. The van der Waals surface area contributed by atoms with Crippen LogP contribution in [0.25, 0.3) is 0 Å². The molecule has 0 aliphatic carbocycles. The maximum absolute atomic E-state index is 12.0. The second-order valence-electron chi connectivity index (χ2n) is 3.81. The van der Waals surface area contributed by atoms with Gasteiger partial charge in [0.25, 0.3) is 5.91 Å². The molecule has 1 fully saturated rings. The summed E-state index contributed by atoms with van der Waals surface area (Å²) in [6, 6.07) is 3.84. The number of hydrogen-bond donors (Lipinski definition) is 0. The Morgan fingerprint density at radius 3 is 2.75 bits per heavy atom. The van der Waals surface area contributed by atoms with Crippen LogP contribution in [-0.4, -0.2) is 54.0 Å². The zero-order chi connectivity index (χ0) is 11.4. The maximum Gasteiger partial charge on any atom is 0.264 e. The molecule has 0 unspecified atom stereocenters. The minimum absolute atomic E-state index is 0.193. The molecule has 1 saturated heterocycles. The highest BCUT2D eigenvalue weighted by atomic mass is 32.2. The molecule has 0 atom stereocenters. The quantitative estimate of drug-likeness (QED) is 0.824. The van der Waals surface area contributed by atoms with Crippen LogP contribution in [0, 0.1) is 0 Å². The molecule has 5 heteroatoms. The van der Waals surface area contributed by atoms with Gasteiger partial charge in [0.2, 0.25) is 0 Å². The van der Waals surface area contributed by atoms with E-state index < -0.39 is 0 Å². The second-order valence-corrected chi connectivity index (χ2v) is 5.59. The smallest absolute Gasteiger partial charge is 0.264 e. The number of amides is 1. The second kappa shape index (κ2) is 5.70. The van der Waals surface area contributed by atoms with E-state index in [0.29, 0.717) is 0 Å². The molecule has 2 rings (SSSR count). The number of thioether (sulfide) groups is 1. The molecule has 16 heavy (non-hydrogen) atoms. The number of carbonyl (C=O) groups excluding carboxylic acids is 1. The monoisotopic (exact) mass is 256 g/mol. The van der Waals surface area contributed by atoms with Gasteiger partial charge in [-0.2, -0.15) is 0 Å². The van der Waals surface area contributed by atoms with Crippen LogP contribution in [0.3, 0.4) is 0 Å². The van der Waals surface area contributed by atoms with Crippen molar-refractivity contribution in [3.8, 4) is 0 Å². The summed E-state index contributed by atoms with van der Waals surface area (Å²) in [4.78, 5) is 17.3. The lowest BCUT2D eigenvalue weighted by molar-refractivity contribution is 0.0663. The van der Waals surface area contributed by atoms with Crippen LogP contribution in [0.5, 0.6) is 0 Å². The fraction of sp³-hybridized carbons (Fsp3) is 0.545. The van der Waals surface area contributed by atoms with Crippen molar-refractivity contribution < 1.29 is 4.79 Å². The van der Waals surface area contributed by atoms with Crippen LogP contribution < -0.4 is 0 Å². The Morgan fingerprint density at radius 1 is 1.44 bits per heavy atom. The van der Waals surface area contributed by atoms with E-state index in [4.69, 9.17) is 0 Å². The van der Waals surface area contributed by atoms with E-state index in [1.54, 1.807) is 0 Å². The Bertz CT molecular complexity index is 332. The number of carbonyl (C=O) groups is 1. The first-order chi connectivity index (χ1) is 7.81. The molecule has 1 aromatic heterocycles.